The van der Waals surface area contributed by atoms with Crippen molar-refractivity contribution in [3.63, 3.8) is 0 Å². The Labute approximate surface area is 144 Å². The van der Waals surface area contributed by atoms with Crippen molar-refractivity contribution >= 4 is 31.9 Å². The van der Waals surface area contributed by atoms with Gasteiger partial charge in [0, 0.05) is 18.1 Å². The van der Waals surface area contributed by atoms with Gasteiger partial charge in [0.15, 0.2) is 0 Å². The molecular formula is C16H17BrN2O3S. The maximum atomic E-state index is 12.1. The first-order valence-corrected chi connectivity index (χ1v) is 9.19. The molecule has 2 rings (SSSR count). The van der Waals surface area contributed by atoms with Crippen LogP contribution in [-0.4, -0.2) is 32.8 Å². The highest BCUT2D eigenvalue weighted by atomic mass is 79.9. The van der Waals surface area contributed by atoms with E-state index in [-0.39, 0.29) is 17.3 Å². The second-order valence-electron chi connectivity index (χ2n) is 5.01. The second-order valence-corrected chi connectivity index (χ2v) is 7.70. The highest BCUT2D eigenvalue weighted by Crippen LogP contribution is 2.14. The Balaban J connectivity index is 1.94. The Morgan fingerprint density at radius 1 is 1.09 bits per heavy atom. The number of rotatable bonds is 6. The number of hydrogen-bond donors (Lipinski definition) is 1. The number of carbonyl (C=O) groups excluding carboxylic acids is 1. The molecule has 0 unspecified atom stereocenters. The number of benzene rings is 2. The summed E-state index contributed by atoms with van der Waals surface area (Å²) in [5.41, 5.74) is 0.985. The third kappa shape index (κ3) is 5.16. The van der Waals surface area contributed by atoms with Crippen LogP contribution in [0.4, 0.5) is 0 Å². The molecule has 0 fully saturated rings. The number of sulfonamides is 1. The van der Waals surface area contributed by atoms with Crippen LogP contribution >= 0.6 is 15.9 Å². The first-order chi connectivity index (χ1) is 10.9. The van der Waals surface area contributed by atoms with Crippen molar-refractivity contribution in [1.82, 2.24) is 9.62 Å². The van der Waals surface area contributed by atoms with Crippen molar-refractivity contribution in [2.75, 3.05) is 13.6 Å². The maximum Gasteiger partial charge on any atom is 0.241 e. The first kappa shape index (κ1) is 17.7. The fourth-order valence-electron chi connectivity index (χ4n) is 1.93. The predicted molar refractivity (Wildman–Crippen MR) is 92.2 cm³/mol. The van der Waals surface area contributed by atoms with Crippen LogP contribution in [0.3, 0.4) is 0 Å². The normalized spacial score (nSPS) is 11.2. The van der Waals surface area contributed by atoms with Gasteiger partial charge in [0.2, 0.25) is 15.9 Å². The largest absolute Gasteiger partial charge is 0.340 e. The summed E-state index contributed by atoms with van der Waals surface area (Å²) in [6.45, 7) is 0.154. The zero-order chi connectivity index (χ0) is 16.9. The quantitative estimate of drug-likeness (QED) is 0.814. The van der Waals surface area contributed by atoms with E-state index in [0.29, 0.717) is 6.54 Å². The van der Waals surface area contributed by atoms with Gasteiger partial charge >= 0.3 is 0 Å². The van der Waals surface area contributed by atoms with Gasteiger partial charge in [-0.1, -0.05) is 46.3 Å². The van der Waals surface area contributed by atoms with Crippen LogP contribution in [0.15, 0.2) is 64.0 Å². The van der Waals surface area contributed by atoms with Gasteiger partial charge < -0.3 is 4.90 Å². The van der Waals surface area contributed by atoms with E-state index in [1.165, 1.54) is 17.0 Å². The van der Waals surface area contributed by atoms with Crippen molar-refractivity contribution < 1.29 is 13.2 Å². The predicted octanol–water partition coefficient (Wildman–Crippen LogP) is 2.39. The fourth-order valence-corrected chi connectivity index (χ4v) is 3.17. The van der Waals surface area contributed by atoms with E-state index in [1.54, 1.807) is 19.2 Å². The highest BCUT2D eigenvalue weighted by Gasteiger charge is 2.17. The standard InChI is InChI=1S/C16H17BrN2O3S/c1-19(12-13-5-3-2-4-6-13)16(20)11-18-23(21,22)15-9-7-14(17)8-10-15/h2-10,18H,11-12H2,1H3. The van der Waals surface area contributed by atoms with Crippen LogP contribution in [0.1, 0.15) is 5.56 Å². The Kier molecular flexibility index (Phi) is 5.92. The molecule has 1 N–H and O–H groups in total. The summed E-state index contributed by atoms with van der Waals surface area (Å²) in [7, 11) is -2.05. The molecule has 2 aromatic carbocycles. The SMILES string of the molecule is CN(Cc1ccccc1)C(=O)CNS(=O)(=O)c1ccc(Br)cc1. The van der Waals surface area contributed by atoms with E-state index in [4.69, 9.17) is 0 Å². The average Bonchev–Trinajstić information content (AvgIpc) is 2.54. The van der Waals surface area contributed by atoms with E-state index in [2.05, 4.69) is 20.7 Å². The molecule has 0 heterocycles. The number of halogens is 1. The van der Waals surface area contributed by atoms with Gasteiger partial charge in [0.25, 0.3) is 0 Å². The molecule has 0 aromatic heterocycles. The minimum atomic E-state index is -3.70. The van der Waals surface area contributed by atoms with Crippen molar-refractivity contribution in [3.05, 3.63) is 64.6 Å². The van der Waals surface area contributed by atoms with Gasteiger partial charge in [-0.2, -0.15) is 0 Å². The third-order valence-electron chi connectivity index (χ3n) is 3.23. The molecular weight excluding hydrogens is 380 g/mol. The number of carbonyl (C=O) groups is 1. The van der Waals surface area contributed by atoms with Crippen LogP contribution in [0.5, 0.6) is 0 Å². The zero-order valence-corrected chi connectivity index (χ0v) is 15.0. The summed E-state index contributed by atoms with van der Waals surface area (Å²) in [4.78, 5) is 13.7. The Morgan fingerprint density at radius 3 is 2.30 bits per heavy atom. The van der Waals surface area contributed by atoms with Crippen molar-refractivity contribution in [3.8, 4) is 0 Å². The molecule has 2 aromatic rings. The molecule has 0 aliphatic heterocycles. The summed E-state index contributed by atoms with van der Waals surface area (Å²) in [5, 5.41) is 0. The Morgan fingerprint density at radius 2 is 1.70 bits per heavy atom. The average molecular weight is 397 g/mol. The molecule has 7 heteroatoms. The lowest BCUT2D eigenvalue weighted by atomic mass is 10.2. The van der Waals surface area contributed by atoms with Crippen molar-refractivity contribution in [2.45, 2.75) is 11.4 Å². The van der Waals surface area contributed by atoms with Crippen LogP contribution < -0.4 is 4.72 Å². The Bertz CT molecular complexity index is 762. The smallest absolute Gasteiger partial charge is 0.241 e. The molecule has 5 nitrogen and oxygen atoms in total. The second kappa shape index (κ2) is 7.72. The molecule has 122 valence electrons. The fraction of sp³-hybridized carbons (Fsp3) is 0.188. The van der Waals surface area contributed by atoms with E-state index >= 15 is 0 Å². The molecule has 0 saturated carbocycles. The summed E-state index contributed by atoms with van der Waals surface area (Å²) >= 11 is 3.25. The van der Waals surface area contributed by atoms with Gasteiger partial charge in [0.1, 0.15) is 0 Å². The van der Waals surface area contributed by atoms with E-state index < -0.39 is 10.0 Å². The van der Waals surface area contributed by atoms with Crippen LogP contribution in [-0.2, 0) is 21.4 Å². The van der Waals surface area contributed by atoms with Crippen molar-refractivity contribution in [1.29, 1.82) is 0 Å². The minimum absolute atomic E-state index is 0.124. The van der Waals surface area contributed by atoms with Crippen LogP contribution in [0.25, 0.3) is 0 Å². The summed E-state index contributed by atoms with van der Waals surface area (Å²) in [6.07, 6.45) is 0. The number of nitrogens with one attached hydrogen (secondary N) is 1. The monoisotopic (exact) mass is 396 g/mol. The van der Waals surface area contributed by atoms with Gasteiger partial charge in [0.05, 0.1) is 11.4 Å². The molecule has 0 aliphatic carbocycles. The number of amides is 1. The first-order valence-electron chi connectivity index (χ1n) is 6.91. The lowest BCUT2D eigenvalue weighted by molar-refractivity contribution is -0.129. The number of likely N-dealkylation sites (N-methyl/N-ethyl adjacent to an activating group) is 1. The molecule has 0 aliphatic rings. The molecule has 23 heavy (non-hydrogen) atoms. The summed E-state index contributed by atoms with van der Waals surface area (Å²) in [5.74, 6) is -0.297. The molecule has 0 radical (unpaired) electrons. The van der Waals surface area contributed by atoms with Crippen LogP contribution in [0.2, 0.25) is 0 Å². The number of nitrogens with zero attached hydrogens (tertiary/aromatic N) is 1. The zero-order valence-electron chi connectivity index (χ0n) is 12.6. The van der Waals surface area contributed by atoms with E-state index in [1.807, 2.05) is 30.3 Å². The molecule has 1 amide bonds. The van der Waals surface area contributed by atoms with Crippen LogP contribution in [0, 0.1) is 0 Å². The lowest BCUT2D eigenvalue weighted by Gasteiger charge is -2.17. The minimum Gasteiger partial charge on any atom is -0.340 e. The van der Waals surface area contributed by atoms with E-state index in [0.717, 1.165) is 10.0 Å². The molecule has 0 bridgehead atoms. The van der Waals surface area contributed by atoms with Gasteiger partial charge in [-0.3, -0.25) is 4.79 Å². The van der Waals surface area contributed by atoms with E-state index in [9.17, 15) is 13.2 Å². The molecule has 0 spiro atoms. The highest BCUT2D eigenvalue weighted by molar-refractivity contribution is 9.10. The van der Waals surface area contributed by atoms with Gasteiger partial charge in [-0.25, -0.2) is 13.1 Å². The lowest BCUT2D eigenvalue weighted by Crippen LogP contribution is -2.37. The number of hydrogen-bond acceptors (Lipinski definition) is 3. The maximum absolute atomic E-state index is 12.1. The third-order valence-corrected chi connectivity index (χ3v) is 5.17. The molecule has 0 atom stereocenters. The molecule has 0 saturated heterocycles. The van der Waals surface area contributed by atoms with Gasteiger partial charge in [-0.05, 0) is 29.8 Å². The van der Waals surface area contributed by atoms with Crippen molar-refractivity contribution in [2.24, 2.45) is 0 Å². The summed E-state index contributed by atoms with van der Waals surface area (Å²) in [6, 6.07) is 15.7. The topological polar surface area (TPSA) is 66.5 Å². The summed E-state index contributed by atoms with van der Waals surface area (Å²) < 4.78 is 27.4. The Hall–Kier alpha value is -1.70. The van der Waals surface area contributed by atoms with Gasteiger partial charge in [-0.15, -0.1) is 0 Å².